The molecule has 120 valence electrons. The molecule has 2 atom stereocenters. The van der Waals surface area contributed by atoms with Crippen molar-refractivity contribution >= 4 is 29.1 Å². The van der Waals surface area contributed by atoms with Crippen LogP contribution in [0.25, 0.3) is 0 Å². The number of amidine groups is 1. The molecule has 0 bridgehead atoms. The fourth-order valence-corrected chi connectivity index (χ4v) is 2.49. The maximum Gasteiger partial charge on any atom is 0.254 e. The zero-order valence-corrected chi connectivity index (χ0v) is 13.8. The molecular weight excluding hydrogens is 313 g/mol. The molecule has 0 saturated carbocycles. The Labute approximate surface area is 139 Å². The highest BCUT2D eigenvalue weighted by atomic mass is 32.2. The number of amides is 1. The zero-order chi connectivity index (χ0) is 16.7. The van der Waals surface area contributed by atoms with Crippen molar-refractivity contribution in [1.29, 1.82) is 0 Å². The van der Waals surface area contributed by atoms with Gasteiger partial charge in [-0.3, -0.25) is 9.79 Å². The lowest BCUT2D eigenvalue weighted by Crippen LogP contribution is -2.25. The Hall–Kier alpha value is -2.21. The van der Waals surface area contributed by atoms with E-state index in [1.54, 1.807) is 49.0 Å². The van der Waals surface area contributed by atoms with Gasteiger partial charge in [0.1, 0.15) is 5.82 Å². The van der Waals surface area contributed by atoms with Crippen LogP contribution in [0, 0.1) is 11.7 Å². The second-order valence-electron chi connectivity index (χ2n) is 5.05. The van der Waals surface area contributed by atoms with Gasteiger partial charge in [0.05, 0.1) is 12.0 Å². The van der Waals surface area contributed by atoms with Crippen LogP contribution in [0.4, 0.5) is 4.39 Å². The van der Waals surface area contributed by atoms with Gasteiger partial charge >= 0.3 is 0 Å². The number of halogens is 1. The number of hydrogen-bond donors (Lipinski definition) is 1. The van der Waals surface area contributed by atoms with Crippen LogP contribution in [0.3, 0.4) is 0 Å². The average molecular weight is 331 g/mol. The van der Waals surface area contributed by atoms with Gasteiger partial charge in [-0.15, -0.1) is 0 Å². The van der Waals surface area contributed by atoms with Gasteiger partial charge in [-0.05, 0) is 43.0 Å². The maximum atomic E-state index is 13.0. The number of benzene rings is 1. The van der Waals surface area contributed by atoms with Crippen molar-refractivity contribution in [1.82, 2.24) is 5.32 Å². The van der Waals surface area contributed by atoms with Crippen LogP contribution in [-0.2, 0) is 4.79 Å². The normalized spacial score (nSPS) is 26.3. The minimum absolute atomic E-state index is 0.109. The molecule has 1 aliphatic heterocycles. The summed E-state index contributed by atoms with van der Waals surface area (Å²) in [5.41, 5.74) is 0.909. The summed E-state index contributed by atoms with van der Waals surface area (Å²) < 4.78 is 13.0. The van der Waals surface area contributed by atoms with E-state index in [1.807, 2.05) is 6.92 Å². The number of hydrogen-bond acceptors (Lipinski definition) is 4. The zero-order valence-electron chi connectivity index (χ0n) is 12.9. The quantitative estimate of drug-likeness (QED) is 0.896. The molecule has 0 spiro atoms. The SMILES string of the molecule is CC(N/C1=N/C(=O)[C@@H](C)\C=C/C=N\C=C\S1)c1ccc(F)cc1. The number of carbonyl (C=O) groups is 1. The van der Waals surface area contributed by atoms with E-state index in [0.29, 0.717) is 5.17 Å². The number of rotatable bonds is 2. The molecule has 0 aromatic heterocycles. The molecule has 23 heavy (non-hydrogen) atoms. The Bertz CT molecular complexity index is 665. The molecular formula is C17H18FN3OS. The smallest absolute Gasteiger partial charge is 0.254 e. The lowest BCUT2D eigenvalue weighted by molar-refractivity contribution is -0.119. The van der Waals surface area contributed by atoms with Gasteiger partial charge in [0, 0.05) is 12.4 Å². The summed E-state index contributed by atoms with van der Waals surface area (Å²) in [6, 6.07) is 6.12. The second-order valence-corrected chi connectivity index (χ2v) is 5.94. The van der Waals surface area contributed by atoms with Crippen LogP contribution in [0.1, 0.15) is 25.5 Å². The monoisotopic (exact) mass is 331 g/mol. The van der Waals surface area contributed by atoms with Gasteiger partial charge in [-0.25, -0.2) is 4.39 Å². The number of allylic oxidation sites excluding steroid dienone is 1. The molecule has 1 amide bonds. The van der Waals surface area contributed by atoms with Crippen LogP contribution in [-0.4, -0.2) is 17.3 Å². The summed E-state index contributed by atoms with van der Waals surface area (Å²) in [4.78, 5) is 20.3. The molecule has 4 nitrogen and oxygen atoms in total. The summed E-state index contributed by atoms with van der Waals surface area (Å²) in [5, 5.41) is 5.42. The van der Waals surface area contributed by atoms with Gasteiger partial charge in [-0.2, -0.15) is 4.99 Å². The van der Waals surface area contributed by atoms with Gasteiger partial charge < -0.3 is 5.32 Å². The molecule has 6 heteroatoms. The molecule has 1 aliphatic rings. The van der Waals surface area contributed by atoms with E-state index in [0.717, 1.165) is 5.56 Å². The van der Waals surface area contributed by atoms with Crippen LogP contribution in [0.5, 0.6) is 0 Å². The minimum atomic E-state index is -0.321. The van der Waals surface area contributed by atoms with Crippen molar-refractivity contribution in [3.8, 4) is 0 Å². The van der Waals surface area contributed by atoms with Gasteiger partial charge in [0.25, 0.3) is 5.91 Å². The first-order valence-corrected chi connectivity index (χ1v) is 8.10. The van der Waals surface area contributed by atoms with E-state index in [-0.39, 0.29) is 23.7 Å². The third-order valence-electron chi connectivity index (χ3n) is 3.21. The van der Waals surface area contributed by atoms with Crippen molar-refractivity contribution < 1.29 is 9.18 Å². The predicted octanol–water partition coefficient (Wildman–Crippen LogP) is 3.84. The molecule has 1 aromatic carbocycles. The molecule has 0 aliphatic carbocycles. The molecule has 0 fully saturated rings. The molecule has 1 unspecified atom stereocenters. The van der Waals surface area contributed by atoms with E-state index >= 15 is 0 Å². The third kappa shape index (κ3) is 5.49. The number of thioether (sulfide) groups is 1. The molecule has 1 aromatic rings. The van der Waals surface area contributed by atoms with Crippen LogP contribution in [0.2, 0.25) is 0 Å². The highest BCUT2D eigenvalue weighted by Crippen LogP contribution is 2.16. The number of nitrogens with one attached hydrogen (secondary N) is 1. The van der Waals surface area contributed by atoms with Crippen molar-refractivity contribution in [2.75, 3.05) is 0 Å². The Morgan fingerprint density at radius 3 is 2.78 bits per heavy atom. The van der Waals surface area contributed by atoms with Crippen molar-refractivity contribution in [3.63, 3.8) is 0 Å². The lowest BCUT2D eigenvalue weighted by atomic mass is 10.1. The van der Waals surface area contributed by atoms with Crippen molar-refractivity contribution in [2.24, 2.45) is 15.9 Å². The summed E-state index contributed by atoms with van der Waals surface area (Å²) >= 11 is 1.28. The van der Waals surface area contributed by atoms with Crippen LogP contribution < -0.4 is 5.32 Å². The molecule has 2 rings (SSSR count). The first-order valence-electron chi connectivity index (χ1n) is 7.22. The summed E-state index contributed by atoms with van der Waals surface area (Å²) in [6.07, 6.45) is 6.74. The van der Waals surface area contributed by atoms with Gasteiger partial charge in [0.2, 0.25) is 0 Å². The van der Waals surface area contributed by atoms with Gasteiger partial charge in [-0.1, -0.05) is 30.0 Å². The molecule has 1 N–H and O–H groups in total. The third-order valence-corrected chi connectivity index (χ3v) is 3.90. The second kappa shape index (κ2) is 8.43. The van der Waals surface area contributed by atoms with E-state index in [9.17, 15) is 9.18 Å². The Balaban J connectivity index is 2.16. The van der Waals surface area contributed by atoms with Crippen molar-refractivity contribution in [2.45, 2.75) is 19.9 Å². The first kappa shape index (κ1) is 17.1. The Kier molecular flexibility index (Phi) is 6.29. The summed E-state index contributed by atoms with van der Waals surface area (Å²) in [7, 11) is 0. The topological polar surface area (TPSA) is 53.8 Å². The van der Waals surface area contributed by atoms with Gasteiger partial charge in [0.15, 0.2) is 5.17 Å². The van der Waals surface area contributed by atoms with Crippen molar-refractivity contribution in [3.05, 3.63) is 59.4 Å². The van der Waals surface area contributed by atoms with E-state index in [2.05, 4.69) is 15.3 Å². The Morgan fingerprint density at radius 2 is 2.04 bits per heavy atom. The predicted molar refractivity (Wildman–Crippen MR) is 93.9 cm³/mol. The largest absolute Gasteiger partial charge is 0.358 e. The Morgan fingerprint density at radius 1 is 1.30 bits per heavy atom. The van der Waals surface area contributed by atoms with E-state index in [4.69, 9.17) is 0 Å². The molecule has 0 saturated heterocycles. The minimum Gasteiger partial charge on any atom is -0.358 e. The highest BCUT2D eigenvalue weighted by molar-refractivity contribution is 8.16. The summed E-state index contributed by atoms with van der Waals surface area (Å²) in [6.45, 7) is 3.71. The van der Waals surface area contributed by atoms with Crippen LogP contribution in [0.15, 0.2) is 58.0 Å². The average Bonchev–Trinajstić information content (AvgIpc) is 2.56. The first-order chi connectivity index (χ1) is 11.1. The lowest BCUT2D eigenvalue weighted by Gasteiger charge is -2.16. The standard InChI is InChI=1S/C17H18FN3OS/c1-12-4-3-9-19-10-11-23-17(21-16(12)22)20-13(2)14-5-7-15(18)8-6-14/h3-13H,1-2H3,(H,20,21,22)/b4-3-,11-10+,19-9-/t12-,13?/m0/s1. The van der Waals surface area contributed by atoms with Crippen LogP contribution >= 0.6 is 11.8 Å². The van der Waals surface area contributed by atoms with E-state index < -0.39 is 0 Å². The fraction of sp³-hybridized carbons (Fsp3) is 0.235. The highest BCUT2D eigenvalue weighted by Gasteiger charge is 2.13. The molecule has 1 heterocycles. The van der Waals surface area contributed by atoms with E-state index in [1.165, 1.54) is 23.9 Å². The number of aliphatic imine (C=N–C) groups is 2. The fourth-order valence-electron chi connectivity index (χ4n) is 1.84. The molecule has 0 radical (unpaired) electrons. The summed E-state index contributed by atoms with van der Waals surface area (Å²) in [5.74, 6) is -0.830. The number of carbonyl (C=O) groups excluding carboxylic acids is 1. The number of nitrogens with zero attached hydrogens (tertiary/aromatic N) is 2. The maximum absolute atomic E-state index is 13.0.